The molecule has 20 heavy (non-hydrogen) atoms. The number of furan rings is 1. The third kappa shape index (κ3) is 2.36. The van der Waals surface area contributed by atoms with Gasteiger partial charge in [-0.15, -0.1) is 10.2 Å². The predicted octanol–water partition coefficient (Wildman–Crippen LogP) is 3.95. The summed E-state index contributed by atoms with van der Waals surface area (Å²) in [5.41, 5.74) is 2.26. The van der Waals surface area contributed by atoms with Crippen molar-refractivity contribution in [1.82, 2.24) is 14.8 Å². The molecule has 0 saturated heterocycles. The molecule has 0 saturated carbocycles. The molecule has 0 radical (unpaired) electrons. The molecule has 5 heteroatoms. The van der Waals surface area contributed by atoms with E-state index in [2.05, 4.69) is 42.2 Å². The van der Waals surface area contributed by atoms with Crippen molar-refractivity contribution in [3.05, 3.63) is 48.2 Å². The third-order valence-corrected chi connectivity index (χ3v) is 3.72. The zero-order chi connectivity index (χ0) is 13.9. The summed E-state index contributed by atoms with van der Waals surface area (Å²) < 4.78 is 7.51. The molecule has 0 aliphatic heterocycles. The molecule has 0 atom stereocenters. The van der Waals surface area contributed by atoms with Crippen LogP contribution in [0.15, 0.2) is 52.2 Å². The largest absolute Gasteiger partial charge is 0.461 e. The lowest BCUT2D eigenvalue weighted by Crippen LogP contribution is -1.99. The molecule has 102 valence electrons. The monoisotopic (exact) mass is 285 g/mol. The lowest BCUT2D eigenvalue weighted by atomic mass is 10.2. The van der Waals surface area contributed by atoms with Crippen molar-refractivity contribution < 1.29 is 4.42 Å². The second-order valence-electron chi connectivity index (χ2n) is 4.39. The van der Waals surface area contributed by atoms with E-state index >= 15 is 0 Å². The fourth-order valence-electron chi connectivity index (χ4n) is 2.06. The number of aryl methyl sites for hydroxylation is 1. The van der Waals surface area contributed by atoms with Gasteiger partial charge in [0.05, 0.1) is 12.0 Å². The Hall–Kier alpha value is -2.01. The standard InChI is InChI=1S/C15H15N3OS/c1-3-20-15-17-16-14(13-8-5-9-19-13)18(15)12-7-4-6-11(2)10-12/h4-10H,3H2,1-2H3. The maximum atomic E-state index is 5.47. The normalized spacial score (nSPS) is 10.9. The summed E-state index contributed by atoms with van der Waals surface area (Å²) in [6.45, 7) is 4.18. The minimum Gasteiger partial charge on any atom is -0.461 e. The van der Waals surface area contributed by atoms with Crippen LogP contribution in [0.1, 0.15) is 12.5 Å². The van der Waals surface area contributed by atoms with Crippen LogP contribution in [0.25, 0.3) is 17.3 Å². The van der Waals surface area contributed by atoms with Crippen LogP contribution >= 0.6 is 11.8 Å². The van der Waals surface area contributed by atoms with E-state index in [9.17, 15) is 0 Å². The van der Waals surface area contributed by atoms with Gasteiger partial charge in [-0.3, -0.25) is 4.57 Å². The number of nitrogens with zero attached hydrogens (tertiary/aromatic N) is 3. The van der Waals surface area contributed by atoms with Crippen LogP contribution in [0.4, 0.5) is 0 Å². The van der Waals surface area contributed by atoms with Crippen LogP contribution in [0.5, 0.6) is 0 Å². The molecule has 4 nitrogen and oxygen atoms in total. The van der Waals surface area contributed by atoms with E-state index in [4.69, 9.17) is 4.42 Å². The molecule has 0 fully saturated rings. The van der Waals surface area contributed by atoms with Crippen LogP contribution in [0, 0.1) is 6.92 Å². The Bertz CT molecular complexity index is 704. The highest BCUT2D eigenvalue weighted by Crippen LogP contribution is 2.28. The lowest BCUT2D eigenvalue weighted by molar-refractivity contribution is 0.575. The van der Waals surface area contributed by atoms with Crippen molar-refractivity contribution in [2.75, 3.05) is 5.75 Å². The van der Waals surface area contributed by atoms with Gasteiger partial charge in [0, 0.05) is 0 Å². The highest BCUT2D eigenvalue weighted by Gasteiger charge is 2.17. The Balaban J connectivity index is 2.18. The first kappa shape index (κ1) is 13.0. The van der Waals surface area contributed by atoms with Gasteiger partial charge in [-0.05, 0) is 42.5 Å². The van der Waals surface area contributed by atoms with E-state index < -0.39 is 0 Å². The Kier molecular flexibility index (Phi) is 3.60. The van der Waals surface area contributed by atoms with Crippen molar-refractivity contribution in [1.29, 1.82) is 0 Å². The summed E-state index contributed by atoms with van der Waals surface area (Å²) in [5.74, 6) is 2.40. The van der Waals surface area contributed by atoms with E-state index in [1.54, 1.807) is 18.0 Å². The van der Waals surface area contributed by atoms with Gasteiger partial charge in [0.25, 0.3) is 0 Å². The Labute approximate surface area is 121 Å². The van der Waals surface area contributed by atoms with Gasteiger partial charge in [0.2, 0.25) is 5.82 Å². The maximum Gasteiger partial charge on any atom is 0.205 e. The minimum atomic E-state index is 0.724. The zero-order valence-electron chi connectivity index (χ0n) is 11.4. The first-order valence-corrected chi connectivity index (χ1v) is 7.47. The van der Waals surface area contributed by atoms with Gasteiger partial charge in [0.1, 0.15) is 0 Å². The van der Waals surface area contributed by atoms with E-state index in [1.807, 2.05) is 22.8 Å². The van der Waals surface area contributed by atoms with Gasteiger partial charge in [-0.2, -0.15) is 0 Å². The number of benzene rings is 1. The van der Waals surface area contributed by atoms with Crippen LogP contribution in [0.2, 0.25) is 0 Å². The van der Waals surface area contributed by atoms with Gasteiger partial charge in [-0.1, -0.05) is 30.8 Å². The summed E-state index contributed by atoms with van der Waals surface area (Å²) >= 11 is 1.67. The second kappa shape index (κ2) is 5.54. The van der Waals surface area contributed by atoms with Crippen LogP contribution in [-0.2, 0) is 0 Å². The first-order valence-electron chi connectivity index (χ1n) is 6.48. The number of thioether (sulfide) groups is 1. The Morgan fingerprint density at radius 1 is 1.20 bits per heavy atom. The van der Waals surface area contributed by atoms with E-state index in [0.717, 1.165) is 28.2 Å². The predicted molar refractivity (Wildman–Crippen MR) is 80.2 cm³/mol. The van der Waals surface area contributed by atoms with Crippen molar-refractivity contribution >= 4 is 11.8 Å². The fourth-order valence-corrected chi connectivity index (χ4v) is 2.74. The number of rotatable bonds is 4. The second-order valence-corrected chi connectivity index (χ2v) is 5.62. The van der Waals surface area contributed by atoms with Crippen molar-refractivity contribution in [3.63, 3.8) is 0 Å². The van der Waals surface area contributed by atoms with E-state index in [-0.39, 0.29) is 0 Å². The van der Waals surface area contributed by atoms with Gasteiger partial charge in [0.15, 0.2) is 10.9 Å². The molecular weight excluding hydrogens is 270 g/mol. The van der Waals surface area contributed by atoms with Gasteiger partial charge < -0.3 is 4.42 Å². The van der Waals surface area contributed by atoms with Gasteiger partial charge in [-0.25, -0.2) is 0 Å². The molecule has 0 aliphatic carbocycles. The summed E-state index contributed by atoms with van der Waals surface area (Å²) in [6.07, 6.45) is 1.65. The fraction of sp³-hybridized carbons (Fsp3) is 0.200. The first-order chi connectivity index (χ1) is 9.79. The van der Waals surface area contributed by atoms with E-state index in [0.29, 0.717) is 0 Å². The molecule has 0 bridgehead atoms. The molecule has 0 amide bonds. The molecule has 0 aliphatic rings. The summed E-state index contributed by atoms with van der Waals surface area (Å²) in [4.78, 5) is 0. The average Bonchev–Trinajstić information content (AvgIpc) is 3.07. The van der Waals surface area contributed by atoms with E-state index in [1.165, 1.54) is 5.56 Å². The summed E-state index contributed by atoms with van der Waals surface area (Å²) in [6, 6.07) is 12.1. The Morgan fingerprint density at radius 2 is 2.10 bits per heavy atom. The molecule has 1 aromatic carbocycles. The molecule has 3 aromatic rings. The quantitative estimate of drug-likeness (QED) is 0.681. The number of aromatic nitrogens is 3. The van der Waals surface area contributed by atoms with Crippen molar-refractivity contribution in [2.45, 2.75) is 19.0 Å². The highest BCUT2D eigenvalue weighted by atomic mass is 32.2. The molecule has 0 N–H and O–H groups in total. The third-order valence-electron chi connectivity index (χ3n) is 2.91. The SMILES string of the molecule is CCSc1nnc(-c2ccco2)n1-c1cccc(C)c1. The molecule has 0 unspecified atom stereocenters. The Morgan fingerprint density at radius 3 is 2.80 bits per heavy atom. The molecule has 2 heterocycles. The number of hydrogen-bond acceptors (Lipinski definition) is 4. The summed E-state index contributed by atoms with van der Waals surface area (Å²) in [5, 5.41) is 9.44. The summed E-state index contributed by atoms with van der Waals surface area (Å²) in [7, 11) is 0. The van der Waals surface area contributed by atoms with Crippen LogP contribution in [0.3, 0.4) is 0 Å². The molecule has 0 spiro atoms. The zero-order valence-corrected chi connectivity index (χ0v) is 12.2. The topological polar surface area (TPSA) is 43.9 Å². The van der Waals surface area contributed by atoms with Crippen LogP contribution < -0.4 is 0 Å². The molecule has 3 rings (SSSR count). The lowest BCUT2D eigenvalue weighted by Gasteiger charge is -2.09. The smallest absolute Gasteiger partial charge is 0.205 e. The van der Waals surface area contributed by atoms with Crippen molar-refractivity contribution in [2.24, 2.45) is 0 Å². The maximum absolute atomic E-state index is 5.47. The minimum absolute atomic E-state index is 0.724. The molecule has 2 aromatic heterocycles. The number of hydrogen-bond donors (Lipinski definition) is 0. The van der Waals surface area contributed by atoms with Gasteiger partial charge >= 0.3 is 0 Å². The average molecular weight is 285 g/mol. The van der Waals surface area contributed by atoms with Crippen molar-refractivity contribution in [3.8, 4) is 17.3 Å². The van der Waals surface area contributed by atoms with Crippen LogP contribution in [-0.4, -0.2) is 20.5 Å². The highest BCUT2D eigenvalue weighted by molar-refractivity contribution is 7.99. The molecular formula is C15H15N3OS.